The van der Waals surface area contributed by atoms with Crippen LogP contribution >= 0.6 is 15.9 Å². The van der Waals surface area contributed by atoms with E-state index in [2.05, 4.69) is 27.0 Å². The van der Waals surface area contributed by atoms with E-state index in [1.165, 1.54) is 0 Å². The molecule has 0 saturated carbocycles. The molecule has 0 aliphatic carbocycles. The van der Waals surface area contributed by atoms with Gasteiger partial charge >= 0.3 is 0 Å². The molecule has 0 spiro atoms. The van der Waals surface area contributed by atoms with Crippen LogP contribution in [-0.2, 0) is 6.42 Å². The molecule has 0 bridgehead atoms. The van der Waals surface area contributed by atoms with Gasteiger partial charge in [-0.05, 0) is 39.7 Å². The lowest BCUT2D eigenvalue weighted by Gasteiger charge is -2.04. The minimum atomic E-state index is 0.414. The maximum atomic E-state index is 8.55. The SMILES string of the molecule is N#CCc1ccc(Oc2ccc(Br)cn2)cc1. The largest absolute Gasteiger partial charge is 0.439 e. The summed E-state index contributed by atoms with van der Waals surface area (Å²) in [5.41, 5.74) is 0.976. The van der Waals surface area contributed by atoms with Crippen molar-refractivity contribution in [3.05, 3.63) is 52.6 Å². The van der Waals surface area contributed by atoms with Crippen LogP contribution in [0, 0.1) is 11.3 Å². The fraction of sp³-hybridized carbons (Fsp3) is 0.0769. The van der Waals surface area contributed by atoms with Crippen molar-refractivity contribution >= 4 is 15.9 Å². The smallest absolute Gasteiger partial charge is 0.219 e. The van der Waals surface area contributed by atoms with Crippen molar-refractivity contribution < 1.29 is 4.74 Å². The van der Waals surface area contributed by atoms with Crippen LogP contribution in [0.5, 0.6) is 11.6 Å². The van der Waals surface area contributed by atoms with Crippen molar-refractivity contribution in [3.8, 4) is 17.7 Å². The summed E-state index contributed by atoms with van der Waals surface area (Å²) < 4.78 is 6.46. The molecule has 0 atom stereocenters. The summed E-state index contributed by atoms with van der Waals surface area (Å²) in [7, 11) is 0. The molecule has 1 heterocycles. The van der Waals surface area contributed by atoms with Crippen molar-refractivity contribution in [1.29, 1.82) is 5.26 Å². The standard InChI is InChI=1S/C13H9BrN2O/c14-11-3-6-13(16-9-11)17-12-4-1-10(2-5-12)7-8-15/h1-6,9H,7H2. The number of pyridine rings is 1. The lowest BCUT2D eigenvalue weighted by Crippen LogP contribution is -1.88. The number of aromatic nitrogens is 1. The average molecular weight is 289 g/mol. The Kier molecular flexibility index (Phi) is 3.73. The topological polar surface area (TPSA) is 45.9 Å². The molecule has 84 valence electrons. The van der Waals surface area contributed by atoms with E-state index < -0.39 is 0 Å². The quantitative estimate of drug-likeness (QED) is 0.865. The third-order valence-corrected chi connectivity index (χ3v) is 2.60. The lowest BCUT2D eigenvalue weighted by molar-refractivity contribution is 0.462. The molecule has 2 rings (SSSR count). The first-order chi connectivity index (χ1) is 8.28. The molecule has 2 aromatic rings. The van der Waals surface area contributed by atoms with E-state index in [4.69, 9.17) is 10.00 Å². The summed E-state index contributed by atoms with van der Waals surface area (Å²) in [4.78, 5) is 4.11. The summed E-state index contributed by atoms with van der Waals surface area (Å²) in [6, 6.07) is 13.2. The number of halogens is 1. The zero-order valence-electron chi connectivity index (χ0n) is 8.93. The van der Waals surface area contributed by atoms with E-state index in [0.29, 0.717) is 18.1 Å². The molecular weight excluding hydrogens is 280 g/mol. The number of hydrogen-bond acceptors (Lipinski definition) is 3. The third-order valence-electron chi connectivity index (χ3n) is 2.13. The highest BCUT2D eigenvalue weighted by atomic mass is 79.9. The molecule has 0 aliphatic rings. The monoisotopic (exact) mass is 288 g/mol. The number of nitrogens with zero attached hydrogens (tertiary/aromatic N) is 2. The lowest BCUT2D eigenvalue weighted by atomic mass is 10.2. The number of hydrogen-bond donors (Lipinski definition) is 0. The Morgan fingerprint density at radius 2 is 1.94 bits per heavy atom. The minimum Gasteiger partial charge on any atom is -0.439 e. The first kappa shape index (κ1) is 11.6. The maximum Gasteiger partial charge on any atom is 0.219 e. The second kappa shape index (κ2) is 5.46. The van der Waals surface area contributed by atoms with Gasteiger partial charge in [-0.25, -0.2) is 4.98 Å². The van der Waals surface area contributed by atoms with Gasteiger partial charge in [0.2, 0.25) is 5.88 Å². The van der Waals surface area contributed by atoms with Gasteiger partial charge in [-0.1, -0.05) is 12.1 Å². The zero-order valence-corrected chi connectivity index (χ0v) is 10.5. The van der Waals surface area contributed by atoms with Gasteiger partial charge < -0.3 is 4.74 Å². The summed E-state index contributed by atoms with van der Waals surface area (Å²) >= 11 is 3.31. The number of nitriles is 1. The summed E-state index contributed by atoms with van der Waals surface area (Å²) in [6.07, 6.45) is 2.09. The van der Waals surface area contributed by atoms with E-state index in [1.54, 1.807) is 12.3 Å². The van der Waals surface area contributed by atoms with Crippen LogP contribution in [-0.4, -0.2) is 4.98 Å². The van der Waals surface area contributed by atoms with Gasteiger partial charge in [-0.15, -0.1) is 0 Å². The van der Waals surface area contributed by atoms with Crippen LogP contribution in [0.3, 0.4) is 0 Å². The minimum absolute atomic E-state index is 0.414. The Labute approximate surface area is 108 Å². The molecule has 0 saturated heterocycles. The Morgan fingerprint density at radius 3 is 2.53 bits per heavy atom. The van der Waals surface area contributed by atoms with E-state index in [-0.39, 0.29) is 0 Å². The average Bonchev–Trinajstić information content (AvgIpc) is 2.35. The van der Waals surface area contributed by atoms with Gasteiger partial charge in [0, 0.05) is 16.7 Å². The van der Waals surface area contributed by atoms with E-state index in [1.807, 2.05) is 30.3 Å². The molecule has 0 unspecified atom stereocenters. The van der Waals surface area contributed by atoms with Crippen LogP contribution < -0.4 is 4.74 Å². The van der Waals surface area contributed by atoms with Crippen molar-refractivity contribution in [1.82, 2.24) is 4.98 Å². The molecule has 0 fully saturated rings. The van der Waals surface area contributed by atoms with Crippen molar-refractivity contribution in [2.24, 2.45) is 0 Å². The van der Waals surface area contributed by atoms with Crippen LogP contribution in [0.1, 0.15) is 5.56 Å². The van der Waals surface area contributed by atoms with Gasteiger partial charge in [-0.2, -0.15) is 5.26 Å². The Hall–Kier alpha value is -1.86. The molecule has 17 heavy (non-hydrogen) atoms. The summed E-state index contributed by atoms with van der Waals surface area (Å²) in [6.45, 7) is 0. The van der Waals surface area contributed by atoms with Gasteiger partial charge in [0.25, 0.3) is 0 Å². The van der Waals surface area contributed by atoms with Crippen molar-refractivity contribution in [2.75, 3.05) is 0 Å². The molecule has 0 aliphatic heterocycles. The highest BCUT2D eigenvalue weighted by Crippen LogP contribution is 2.21. The van der Waals surface area contributed by atoms with Gasteiger partial charge in [0.05, 0.1) is 12.5 Å². The second-order valence-corrected chi connectivity index (χ2v) is 4.31. The van der Waals surface area contributed by atoms with Gasteiger partial charge in [0.1, 0.15) is 5.75 Å². The fourth-order valence-electron chi connectivity index (χ4n) is 1.31. The van der Waals surface area contributed by atoms with Crippen molar-refractivity contribution in [3.63, 3.8) is 0 Å². The molecule has 1 aromatic carbocycles. The highest BCUT2D eigenvalue weighted by molar-refractivity contribution is 9.10. The molecule has 0 amide bonds. The predicted octanol–water partition coefficient (Wildman–Crippen LogP) is 3.70. The van der Waals surface area contributed by atoms with Crippen molar-refractivity contribution in [2.45, 2.75) is 6.42 Å². The first-order valence-corrected chi connectivity index (χ1v) is 5.82. The Balaban J connectivity index is 2.09. The normalized spacial score (nSPS) is 9.65. The molecule has 4 heteroatoms. The summed E-state index contributed by atoms with van der Waals surface area (Å²) in [5, 5.41) is 8.55. The van der Waals surface area contributed by atoms with E-state index in [9.17, 15) is 0 Å². The second-order valence-electron chi connectivity index (χ2n) is 3.40. The summed E-state index contributed by atoms with van der Waals surface area (Å²) in [5.74, 6) is 1.25. The van der Waals surface area contributed by atoms with Gasteiger partial charge in [0.15, 0.2) is 0 Å². The number of benzene rings is 1. The number of rotatable bonds is 3. The van der Waals surface area contributed by atoms with Crippen LogP contribution in [0.2, 0.25) is 0 Å². The maximum absolute atomic E-state index is 8.55. The Bertz CT molecular complexity index is 529. The van der Waals surface area contributed by atoms with Gasteiger partial charge in [-0.3, -0.25) is 0 Å². The van der Waals surface area contributed by atoms with Crippen LogP contribution in [0.25, 0.3) is 0 Å². The third kappa shape index (κ3) is 3.30. The highest BCUT2D eigenvalue weighted by Gasteiger charge is 1.99. The predicted molar refractivity (Wildman–Crippen MR) is 67.8 cm³/mol. The Morgan fingerprint density at radius 1 is 1.18 bits per heavy atom. The van der Waals surface area contributed by atoms with E-state index in [0.717, 1.165) is 10.0 Å². The first-order valence-electron chi connectivity index (χ1n) is 5.03. The molecular formula is C13H9BrN2O. The fourth-order valence-corrected chi connectivity index (χ4v) is 1.54. The molecule has 0 radical (unpaired) electrons. The molecule has 3 nitrogen and oxygen atoms in total. The van der Waals surface area contributed by atoms with Crippen LogP contribution in [0.4, 0.5) is 0 Å². The molecule has 1 aromatic heterocycles. The zero-order chi connectivity index (χ0) is 12.1. The molecule has 0 N–H and O–H groups in total. The van der Waals surface area contributed by atoms with E-state index >= 15 is 0 Å². The van der Waals surface area contributed by atoms with Crippen LogP contribution in [0.15, 0.2) is 47.1 Å². The number of ether oxygens (including phenoxy) is 1.